The highest BCUT2D eigenvalue weighted by Gasteiger charge is 2.26. The van der Waals surface area contributed by atoms with E-state index in [2.05, 4.69) is 6.08 Å². The van der Waals surface area contributed by atoms with Crippen LogP contribution < -0.4 is 0 Å². The minimum Gasteiger partial charge on any atom is -0.389 e. The number of hydrogen-bond donors (Lipinski definition) is 1. The van der Waals surface area contributed by atoms with Gasteiger partial charge in [0.1, 0.15) is 0 Å². The largest absolute Gasteiger partial charge is 0.389 e. The van der Waals surface area contributed by atoms with Crippen molar-refractivity contribution in [2.45, 2.75) is 44.6 Å². The first-order valence-corrected chi connectivity index (χ1v) is 4.75. The van der Waals surface area contributed by atoms with Crippen LogP contribution in [0.4, 0.5) is 0 Å². The molecule has 0 aromatic rings. The Morgan fingerprint density at radius 1 is 1.18 bits per heavy atom. The molecular formula is C10H16O. The zero-order valence-corrected chi connectivity index (χ0v) is 6.92. The second kappa shape index (κ2) is 2.98. The molecule has 1 atom stereocenters. The molecule has 0 radical (unpaired) electrons. The van der Waals surface area contributed by atoms with E-state index in [9.17, 15) is 5.11 Å². The molecule has 1 fully saturated rings. The van der Waals surface area contributed by atoms with Gasteiger partial charge in [-0.3, -0.25) is 0 Å². The Morgan fingerprint density at radius 3 is 2.73 bits per heavy atom. The zero-order valence-electron chi connectivity index (χ0n) is 6.92. The summed E-state index contributed by atoms with van der Waals surface area (Å²) in [4.78, 5) is 0. The second-order valence-electron chi connectivity index (χ2n) is 3.83. The van der Waals surface area contributed by atoms with Crippen molar-refractivity contribution in [1.82, 2.24) is 0 Å². The van der Waals surface area contributed by atoms with Crippen molar-refractivity contribution in [2.75, 3.05) is 0 Å². The lowest BCUT2D eigenvalue weighted by Crippen LogP contribution is -2.00. The summed E-state index contributed by atoms with van der Waals surface area (Å²) in [6, 6.07) is 0. The summed E-state index contributed by atoms with van der Waals surface area (Å²) in [5.74, 6) is 0.864. The molecule has 2 aliphatic rings. The van der Waals surface area contributed by atoms with Crippen molar-refractivity contribution < 1.29 is 5.11 Å². The second-order valence-corrected chi connectivity index (χ2v) is 3.83. The maximum Gasteiger partial charge on any atom is 0.0723 e. The Labute approximate surface area is 68.1 Å². The number of rotatable bonds is 1. The van der Waals surface area contributed by atoms with E-state index in [1.165, 1.54) is 32.1 Å². The van der Waals surface area contributed by atoms with Gasteiger partial charge in [-0.05, 0) is 38.0 Å². The Morgan fingerprint density at radius 2 is 2.00 bits per heavy atom. The van der Waals surface area contributed by atoms with Gasteiger partial charge in [-0.1, -0.05) is 18.1 Å². The molecule has 1 nitrogen and oxygen atoms in total. The highest BCUT2D eigenvalue weighted by Crippen LogP contribution is 2.40. The van der Waals surface area contributed by atoms with Gasteiger partial charge >= 0.3 is 0 Å². The van der Waals surface area contributed by atoms with Crippen LogP contribution in [0.5, 0.6) is 0 Å². The SMILES string of the molecule is OC1C=C(C2CC2)CCCC1. The molecule has 0 aliphatic heterocycles. The molecule has 1 unspecified atom stereocenters. The summed E-state index contributed by atoms with van der Waals surface area (Å²) < 4.78 is 0. The summed E-state index contributed by atoms with van der Waals surface area (Å²) in [7, 11) is 0. The quantitative estimate of drug-likeness (QED) is 0.571. The van der Waals surface area contributed by atoms with E-state index in [1.54, 1.807) is 5.57 Å². The molecule has 0 bridgehead atoms. The summed E-state index contributed by atoms with van der Waals surface area (Å²) in [5.41, 5.74) is 1.55. The van der Waals surface area contributed by atoms with Gasteiger partial charge in [-0.25, -0.2) is 0 Å². The highest BCUT2D eigenvalue weighted by molar-refractivity contribution is 5.15. The van der Waals surface area contributed by atoms with Gasteiger partial charge < -0.3 is 5.11 Å². The number of allylic oxidation sites excluding steroid dienone is 1. The number of aliphatic hydroxyl groups excluding tert-OH is 1. The van der Waals surface area contributed by atoms with Crippen LogP contribution in [0, 0.1) is 5.92 Å². The monoisotopic (exact) mass is 152 g/mol. The molecule has 1 N–H and O–H groups in total. The third-order valence-corrected chi connectivity index (χ3v) is 2.72. The van der Waals surface area contributed by atoms with Gasteiger partial charge in [0.25, 0.3) is 0 Å². The van der Waals surface area contributed by atoms with E-state index in [4.69, 9.17) is 0 Å². The molecule has 11 heavy (non-hydrogen) atoms. The van der Waals surface area contributed by atoms with Gasteiger partial charge in [-0.15, -0.1) is 0 Å². The minimum atomic E-state index is -0.131. The molecule has 0 heterocycles. The van der Waals surface area contributed by atoms with Crippen LogP contribution in [0.25, 0.3) is 0 Å². The van der Waals surface area contributed by atoms with E-state index in [-0.39, 0.29) is 6.10 Å². The van der Waals surface area contributed by atoms with Crippen LogP contribution in [0.1, 0.15) is 38.5 Å². The molecule has 0 saturated heterocycles. The fourth-order valence-electron chi connectivity index (χ4n) is 1.89. The molecule has 0 aromatic heterocycles. The topological polar surface area (TPSA) is 20.2 Å². The molecule has 1 saturated carbocycles. The highest BCUT2D eigenvalue weighted by atomic mass is 16.3. The Bertz CT molecular complexity index is 168. The fourth-order valence-corrected chi connectivity index (χ4v) is 1.89. The molecule has 2 aliphatic carbocycles. The van der Waals surface area contributed by atoms with Crippen LogP contribution in [-0.2, 0) is 0 Å². The maximum atomic E-state index is 9.46. The van der Waals surface area contributed by atoms with Gasteiger partial charge in [-0.2, -0.15) is 0 Å². The molecule has 62 valence electrons. The first kappa shape index (κ1) is 7.35. The Hall–Kier alpha value is -0.300. The lowest BCUT2D eigenvalue weighted by Gasteiger charge is -2.02. The molecule has 2 rings (SSSR count). The standard InChI is InChI=1S/C10H16O/c11-10-4-2-1-3-9(7-10)8-5-6-8/h7-8,10-11H,1-6H2. The smallest absolute Gasteiger partial charge is 0.0723 e. The average molecular weight is 152 g/mol. The summed E-state index contributed by atoms with van der Waals surface area (Å²) in [6.07, 6.45) is 9.46. The van der Waals surface area contributed by atoms with E-state index in [1.807, 2.05) is 0 Å². The van der Waals surface area contributed by atoms with Gasteiger partial charge in [0.2, 0.25) is 0 Å². The van der Waals surface area contributed by atoms with Crippen molar-refractivity contribution >= 4 is 0 Å². The van der Waals surface area contributed by atoms with Crippen molar-refractivity contribution in [1.29, 1.82) is 0 Å². The zero-order chi connectivity index (χ0) is 7.68. The fraction of sp³-hybridized carbons (Fsp3) is 0.800. The first-order chi connectivity index (χ1) is 5.36. The number of aliphatic hydroxyl groups is 1. The maximum absolute atomic E-state index is 9.46. The van der Waals surface area contributed by atoms with Gasteiger partial charge in [0.15, 0.2) is 0 Å². The van der Waals surface area contributed by atoms with Crippen LogP contribution in [0.2, 0.25) is 0 Å². The van der Waals surface area contributed by atoms with E-state index >= 15 is 0 Å². The normalized spacial score (nSPS) is 32.8. The summed E-state index contributed by atoms with van der Waals surface area (Å²) in [6.45, 7) is 0. The van der Waals surface area contributed by atoms with E-state index < -0.39 is 0 Å². The van der Waals surface area contributed by atoms with Crippen molar-refractivity contribution in [3.05, 3.63) is 11.6 Å². The predicted molar refractivity (Wildman–Crippen MR) is 45.3 cm³/mol. The lowest BCUT2D eigenvalue weighted by atomic mass is 10.1. The van der Waals surface area contributed by atoms with E-state index in [0.29, 0.717) is 0 Å². The van der Waals surface area contributed by atoms with Crippen molar-refractivity contribution in [2.24, 2.45) is 5.92 Å². The number of hydrogen-bond acceptors (Lipinski definition) is 1. The molecular weight excluding hydrogens is 136 g/mol. The first-order valence-electron chi connectivity index (χ1n) is 4.75. The lowest BCUT2D eigenvalue weighted by molar-refractivity contribution is 0.210. The summed E-state index contributed by atoms with van der Waals surface area (Å²) >= 11 is 0. The molecule has 0 aromatic carbocycles. The van der Waals surface area contributed by atoms with Crippen LogP contribution in [0.15, 0.2) is 11.6 Å². The minimum absolute atomic E-state index is 0.131. The molecule has 0 amide bonds. The van der Waals surface area contributed by atoms with Crippen LogP contribution in [0.3, 0.4) is 0 Å². The van der Waals surface area contributed by atoms with E-state index in [0.717, 1.165) is 12.3 Å². The summed E-state index contributed by atoms with van der Waals surface area (Å²) in [5, 5.41) is 9.46. The molecule has 0 spiro atoms. The predicted octanol–water partition coefficient (Wildman–Crippen LogP) is 2.26. The van der Waals surface area contributed by atoms with Crippen LogP contribution >= 0.6 is 0 Å². The average Bonchev–Trinajstić information content (AvgIpc) is 2.71. The van der Waals surface area contributed by atoms with Crippen LogP contribution in [-0.4, -0.2) is 11.2 Å². The Balaban J connectivity index is 2.02. The van der Waals surface area contributed by atoms with Crippen molar-refractivity contribution in [3.63, 3.8) is 0 Å². The molecule has 1 heteroatoms. The Kier molecular flexibility index (Phi) is 1.99. The van der Waals surface area contributed by atoms with Crippen molar-refractivity contribution in [3.8, 4) is 0 Å². The third kappa shape index (κ3) is 1.84. The third-order valence-electron chi connectivity index (χ3n) is 2.72. The van der Waals surface area contributed by atoms with Gasteiger partial charge in [0, 0.05) is 0 Å². The van der Waals surface area contributed by atoms with Gasteiger partial charge in [0.05, 0.1) is 6.10 Å².